The van der Waals surface area contributed by atoms with Crippen molar-refractivity contribution in [1.82, 2.24) is 0 Å². The lowest BCUT2D eigenvalue weighted by Crippen LogP contribution is -2.35. The molecule has 0 aliphatic heterocycles. The zero-order valence-corrected chi connectivity index (χ0v) is 11.1. The highest BCUT2D eigenvalue weighted by Crippen LogP contribution is 2.21. The number of anilines is 1. The Kier molecular flexibility index (Phi) is 5.60. The van der Waals surface area contributed by atoms with E-state index in [9.17, 15) is 4.39 Å². The van der Waals surface area contributed by atoms with Crippen LogP contribution in [-0.2, 0) is 4.74 Å². The van der Waals surface area contributed by atoms with Crippen molar-refractivity contribution in [2.45, 2.75) is 26.3 Å². The first-order chi connectivity index (χ1) is 8.63. The van der Waals surface area contributed by atoms with Gasteiger partial charge in [-0.05, 0) is 31.5 Å². The Morgan fingerprint density at radius 3 is 2.72 bits per heavy atom. The lowest BCUT2D eigenvalue weighted by atomic mass is 10.1. The molecule has 3 nitrogen and oxygen atoms in total. The van der Waals surface area contributed by atoms with Gasteiger partial charge in [-0.1, -0.05) is 6.92 Å². The van der Waals surface area contributed by atoms with E-state index < -0.39 is 5.82 Å². The Balaban J connectivity index is 2.98. The number of nitrogens with zero attached hydrogens (tertiary/aromatic N) is 2. The van der Waals surface area contributed by atoms with Crippen LogP contribution in [0, 0.1) is 17.1 Å². The summed E-state index contributed by atoms with van der Waals surface area (Å²) in [6, 6.07) is 6.85. The van der Waals surface area contributed by atoms with Crippen LogP contribution in [0.4, 0.5) is 10.1 Å². The fourth-order valence-corrected chi connectivity index (χ4v) is 1.79. The maximum Gasteiger partial charge on any atom is 0.143 e. The number of nitriles is 1. The molecule has 0 N–H and O–H groups in total. The third-order valence-corrected chi connectivity index (χ3v) is 3.06. The van der Waals surface area contributed by atoms with Crippen LogP contribution in [0.15, 0.2) is 18.2 Å². The van der Waals surface area contributed by atoms with Gasteiger partial charge in [0.05, 0.1) is 12.2 Å². The zero-order chi connectivity index (χ0) is 13.5. The molecule has 0 aliphatic rings. The van der Waals surface area contributed by atoms with E-state index in [1.807, 2.05) is 6.07 Å². The molecule has 1 atom stereocenters. The number of ether oxygens (including phenoxy) is 1. The number of halogens is 1. The summed E-state index contributed by atoms with van der Waals surface area (Å²) in [7, 11) is 1.65. The second kappa shape index (κ2) is 6.97. The SMILES string of the molecule is CCC(C)N(CCOC)c1ccc(C#N)c(F)c1. The maximum absolute atomic E-state index is 13.6. The molecule has 0 fully saturated rings. The average Bonchev–Trinajstić information content (AvgIpc) is 2.39. The molecule has 4 heteroatoms. The molecule has 1 unspecified atom stereocenters. The van der Waals surface area contributed by atoms with Gasteiger partial charge < -0.3 is 9.64 Å². The van der Waals surface area contributed by atoms with Crippen molar-refractivity contribution in [2.24, 2.45) is 0 Å². The van der Waals surface area contributed by atoms with Gasteiger partial charge in [0, 0.05) is 25.4 Å². The summed E-state index contributed by atoms with van der Waals surface area (Å²) in [5, 5.41) is 8.72. The number of rotatable bonds is 6. The van der Waals surface area contributed by atoms with Crippen molar-refractivity contribution < 1.29 is 9.13 Å². The minimum absolute atomic E-state index is 0.0783. The molecule has 0 aromatic heterocycles. The smallest absolute Gasteiger partial charge is 0.143 e. The summed E-state index contributed by atoms with van der Waals surface area (Å²) in [4.78, 5) is 2.09. The summed E-state index contributed by atoms with van der Waals surface area (Å²) >= 11 is 0. The lowest BCUT2D eigenvalue weighted by molar-refractivity contribution is 0.203. The monoisotopic (exact) mass is 250 g/mol. The Labute approximate surface area is 108 Å². The second-order valence-corrected chi connectivity index (χ2v) is 4.22. The first-order valence-electron chi connectivity index (χ1n) is 6.09. The molecule has 0 amide bonds. The second-order valence-electron chi connectivity index (χ2n) is 4.22. The van der Waals surface area contributed by atoms with Crippen LogP contribution in [0.25, 0.3) is 0 Å². The van der Waals surface area contributed by atoms with Crippen LogP contribution >= 0.6 is 0 Å². The van der Waals surface area contributed by atoms with Crippen molar-refractivity contribution in [1.29, 1.82) is 5.26 Å². The largest absolute Gasteiger partial charge is 0.383 e. The molecule has 0 radical (unpaired) electrons. The number of methoxy groups -OCH3 is 1. The van der Waals surface area contributed by atoms with Crippen LogP contribution < -0.4 is 4.90 Å². The van der Waals surface area contributed by atoms with E-state index in [-0.39, 0.29) is 5.56 Å². The lowest BCUT2D eigenvalue weighted by Gasteiger charge is -2.30. The van der Waals surface area contributed by atoms with Crippen molar-refractivity contribution in [3.05, 3.63) is 29.6 Å². The van der Waals surface area contributed by atoms with E-state index >= 15 is 0 Å². The van der Waals surface area contributed by atoms with Gasteiger partial charge in [-0.3, -0.25) is 0 Å². The number of hydrogen-bond donors (Lipinski definition) is 0. The fraction of sp³-hybridized carbons (Fsp3) is 0.500. The molecule has 0 saturated heterocycles. The minimum atomic E-state index is -0.472. The van der Waals surface area contributed by atoms with E-state index in [0.29, 0.717) is 19.2 Å². The molecule has 0 bridgehead atoms. The van der Waals surface area contributed by atoms with Gasteiger partial charge in [-0.2, -0.15) is 5.26 Å². The quantitative estimate of drug-likeness (QED) is 0.778. The van der Waals surface area contributed by atoms with Gasteiger partial charge in [0.25, 0.3) is 0 Å². The molecule has 1 aromatic rings. The molecule has 0 spiro atoms. The molecular weight excluding hydrogens is 231 g/mol. The Morgan fingerprint density at radius 1 is 1.50 bits per heavy atom. The van der Waals surface area contributed by atoms with Gasteiger partial charge >= 0.3 is 0 Å². The van der Waals surface area contributed by atoms with E-state index in [2.05, 4.69) is 18.7 Å². The van der Waals surface area contributed by atoms with E-state index in [0.717, 1.165) is 12.1 Å². The first kappa shape index (κ1) is 14.5. The summed E-state index contributed by atoms with van der Waals surface area (Å²) in [5.41, 5.74) is 0.868. The summed E-state index contributed by atoms with van der Waals surface area (Å²) in [6.45, 7) is 5.47. The third-order valence-electron chi connectivity index (χ3n) is 3.06. The summed E-state index contributed by atoms with van der Waals surface area (Å²) in [5.74, 6) is -0.472. The minimum Gasteiger partial charge on any atom is -0.383 e. The standard InChI is InChI=1S/C14H19FN2O/c1-4-11(2)17(7-8-18-3)13-6-5-12(10-16)14(15)9-13/h5-6,9,11H,4,7-8H2,1-3H3. The molecular formula is C14H19FN2O. The molecule has 18 heavy (non-hydrogen) atoms. The van der Waals surface area contributed by atoms with E-state index in [1.54, 1.807) is 13.2 Å². The zero-order valence-electron chi connectivity index (χ0n) is 11.1. The third kappa shape index (κ3) is 3.44. The first-order valence-corrected chi connectivity index (χ1v) is 6.09. The Morgan fingerprint density at radius 2 is 2.22 bits per heavy atom. The average molecular weight is 250 g/mol. The molecule has 98 valence electrons. The van der Waals surface area contributed by atoms with Crippen LogP contribution in [0.2, 0.25) is 0 Å². The van der Waals surface area contributed by atoms with Gasteiger partial charge in [-0.15, -0.1) is 0 Å². The Hall–Kier alpha value is -1.60. The molecule has 0 aliphatic carbocycles. The molecule has 1 aromatic carbocycles. The van der Waals surface area contributed by atoms with Gasteiger partial charge in [0.15, 0.2) is 0 Å². The van der Waals surface area contributed by atoms with E-state index in [4.69, 9.17) is 10.00 Å². The highest BCUT2D eigenvalue weighted by Gasteiger charge is 2.14. The number of hydrogen-bond acceptors (Lipinski definition) is 3. The van der Waals surface area contributed by atoms with Crippen molar-refractivity contribution in [2.75, 3.05) is 25.2 Å². The summed E-state index contributed by atoms with van der Waals surface area (Å²) in [6.07, 6.45) is 0.964. The Bertz CT molecular complexity index is 428. The topological polar surface area (TPSA) is 36.3 Å². The van der Waals surface area contributed by atoms with Crippen LogP contribution in [0.5, 0.6) is 0 Å². The highest BCUT2D eigenvalue weighted by molar-refractivity contribution is 5.51. The molecule has 1 rings (SSSR count). The van der Waals surface area contributed by atoms with Crippen molar-refractivity contribution in [3.8, 4) is 6.07 Å². The molecule has 0 saturated carbocycles. The van der Waals surface area contributed by atoms with E-state index in [1.165, 1.54) is 12.1 Å². The van der Waals surface area contributed by atoms with Gasteiger partial charge in [0.1, 0.15) is 11.9 Å². The number of benzene rings is 1. The summed E-state index contributed by atoms with van der Waals surface area (Å²) < 4.78 is 18.7. The fourth-order valence-electron chi connectivity index (χ4n) is 1.79. The predicted molar refractivity (Wildman–Crippen MR) is 70.1 cm³/mol. The van der Waals surface area contributed by atoms with Gasteiger partial charge in [-0.25, -0.2) is 4.39 Å². The van der Waals surface area contributed by atoms with Crippen molar-refractivity contribution >= 4 is 5.69 Å². The highest BCUT2D eigenvalue weighted by atomic mass is 19.1. The normalized spacial score (nSPS) is 11.9. The molecule has 0 heterocycles. The van der Waals surface area contributed by atoms with Crippen LogP contribution in [-0.4, -0.2) is 26.3 Å². The van der Waals surface area contributed by atoms with Gasteiger partial charge in [0.2, 0.25) is 0 Å². The van der Waals surface area contributed by atoms with Crippen LogP contribution in [0.3, 0.4) is 0 Å². The predicted octanol–water partition coefficient (Wildman–Crippen LogP) is 2.95. The maximum atomic E-state index is 13.6. The van der Waals surface area contributed by atoms with Crippen molar-refractivity contribution in [3.63, 3.8) is 0 Å². The van der Waals surface area contributed by atoms with Crippen LogP contribution in [0.1, 0.15) is 25.8 Å².